The molecule has 0 aliphatic carbocycles. The average Bonchev–Trinajstić information content (AvgIpc) is 2.73. The topological polar surface area (TPSA) is 45.2 Å². The monoisotopic (exact) mass is 359 g/mol. The Morgan fingerprint density at radius 2 is 1.70 bits per heavy atom. The quantitative estimate of drug-likeness (QED) is 0.598. The smallest absolute Gasteiger partial charge is 0.251 e. The number of benzene rings is 2. The summed E-state index contributed by atoms with van der Waals surface area (Å²) in [5.41, 5.74) is 2.99. The first-order valence-electron chi connectivity index (χ1n) is 9.38. The number of aryl methyl sites for hydroxylation is 1. The van der Waals surface area contributed by atoms with Gasteiger partial charge < -0.3 is 10.2 Å². The summed E-state index contributed by atoms with van der Waals surface area (Å²) in [6.07, 6.45) is 3.57. The highest BCUT2D eigenvalue weighted by Gasteiger charge is 2.12. The number of carbonyl (C=O) groups excluding carboxylic acids is 1. The molecule has 1 N–H and O–H groups in total. The van der Waals surface area contributed by atoms with Gasteiger partial charge in [-0.1, -0.05) is 48.5 Å². The number of anilines is 2. The van der Waals surface area contributed by atoms with Crippen LogP contribution in [0.3, 0.4) is 0 Å². The van der Waals surface area contributed by atoms with Crippen LogP contribution in [0.15, 0.2) is 79.0 Å². The van der Waals surface area contributed by atoms with Gasteiger partial charge in [0.25, 0.3) is 5.91 Å². The lowest BCUT2D eigenvalue weighted by Crippen LogP contribution is -2.25. The van der Waals surface area contributed by atoms with Crippen LogP contribution in [0.5, 0.6) is 0 Å². The first-order valence-corrected chi connectivity index (χ1v) is 9.38. The van der Waals surface area contributed by atoms with Crippen LogP contribution in [-0.4, -0.2) is 24.0 Å². The summed E-state index contributed by atoms with van der Waals surface area (Å²) in [5, 5.41) is 3.01. The van der Waals surface area contributed by atoms with Crippen molar-refractivity contribution in [2.24, 2.45) is 0 Å². The number of hydrogen-bond acceptors (Lipinski definition) is 3. The first-order chi connectivity index (χ1) is 13.3. The minimum Gasteiger partial charge on any atom is -0.352 e. The van der Waals surface area contributed by atoms with Gasteiger partial charge in [0.05, 0.1) is 0 Å². The zero-order valence-electron chi connectivity index (χ0n) is 15.6. The standard InChI is InChI=1S/C23H25N3O/c1-2-26(21-13-7-4-8-14-21)22-18-20(15-17-24-22)23(27)25-16-9-12-19-10-5-3-6-11-19/h3-8,10-11,13-15,17-18H,2,9,12,16H2,1H3,(H,25,27). The summed E-state index contributed by atoms with van der Waals surface area (Å²) < 4.78 is 0. The van der Waals surface area contributed by atoms with E-state index in [1.54, 1.807) is 12.3 Å². The normalized spacial score (nSPS) is 10.4. The first kappa shape index (κ1) is 18.6. The summed E-state index contributed by atoms with van der Waals surface area (Å²) in [5.74, 6) is 0.719. The van der Waals surface area contributed by atoms with Gasteiger partial charge in [-0.25, -0.2) is 4.98 Å². The third-order valence-corrected chi connectivity index (χ3v) is 4.44. The number of para-hydroxylation sites is 1. The van der Waals surface area contributed by atoms with E-state index >= 15 is 0 Å². The van der Waals surface area contributed by atoms with Gasteiger partial charge in [0.1, 0.15) is 5.82 Å². The molecule has 0 bridgehead atoms. The van der Waals surface area contributed by atoms with Gasteiger partial charge in [-0.15, -0.1) is 0 Å². The van der Waals surface area contributed by atoms with Crippen LogP contribution in [0.25, 0.3) is 0 Å². The van der Waals surface area contributed by atoms with E-state index in [1.165, 1.54) is 5.56 Å². The number of amides is 1. The number of hydrogen-bond donors (Lipinski definition) is 1. The van der Waals surface area contributed by atoms with E-state index in [1.807, 2.05) is 54.6 Å². The van der Waals surface area contributed by atoms with E-state index in [9.17, 15) is 4.79 Å². The highest BCUT2D eigenvalue weighted by atomic mass is 16.1. The highest BCUT2D eigenvalue weighted by Crippen LogP contribution is 2.23. The maximum Gasteiger partial charge on any atom is 0.251 e. The van der Waals surface area contributed by atoms with Gasteiger partial charge in [0, 0.05) is 30.5 Å². The van der Waals surface area contributed by atoms with Crippen molar-refractivity contribution in [3.63, 3.8) is 0 Å². The maximum absolute atomic E-state index is 12.5. The molecule has 1 aromatic heterocycles. The SMILES string of the molecule is CCN(c1ccccc1)c1cc(C(=O)NCCCc2ccccc2)ccn1. The van der Waals surface area contributed by atoms with Crippen molar-refractivity contribution in [2.45, 2.75) is 19.8 Å². The number of nitrogens with zero attached hydrogens (tertiary/aromatic N) is 2. The summed E-state index contributed by atoms with van der Waals surface area (Å²) in [6, 6.07) is 24.0. The van der Waals surface area contributed by atoms with Crippen LogP contribution in [-0.2, 0) is 6.42 Å². The van der Waals surface area contributed by atoms with Crippen LogP contribution in [0.1, 0.15) is 29.3 Å². The Hall–Kier alpha value is -3.14. The molecule has 1 amide bonds. The van der Waals surface area contributed by atoms with E-state index in [0.717, 1.165) is 30.9 Å². The average molecular weight is 359 g/mol. The second-order valence-corrected chi connectivity index (χ2v) is 6.33. The Kier molecular flexibility index (Phi) is 6.58. The molecule has 1 heterocycles. The number of aromatic nitrogens is 1. The molecule has 0 spiro atoms. The van der Waals surface area contributed by atoms with E-state index in [2.05, 4.69) is 34.3 Å². The van der Waals surface area contributed by atoms with Gasteiger partial charge >= 0.3 is 0 Å². The summed E-state index contributed by atoms with van der Waals surface area (Å²) >= 11 is 0. The molecule has 4 nitrogen and oxygen atoms in total. The van der Waals surface area contributed by atoms with Crippen LogP contribution in [0, 0.1) is 0 Å². The Balaban J connectivity index is 1.60. The largest absolute Gasteiger partial charge is 0.352 e. The minimum absolute atomic E-state index is 0.0594. The lowest BCUT2D eigenvalue weighted by Gasteiger charge is -2.22. The molecule has 0 atom stereocenters. The Bertz CT molecular complexity index is 850. The van der Waals surface area contributed by atoms with Crippen LogP contribution in [0.2, 0.25) is 0 Å². The molecule has 4 heteroatoms. The van der Waals surface area contributed by atoms with Crippen molar-refractivity contribution in [1.29, 1.82) is 0 Å². The number of nitrogens with one attached hydrogen (secondary N) is 1. The van der Waals surface area contributed by atoms with Crippen molar-refractivity contribution < 1.29 is 4.79 Å². The molecule has 0 unspecified atom stereocenters. The van der Waals surface area contributed by atoms with E-state index in [4.69, 9.17) is 0 Å². The Labute approximate surface area is 160 Å². The highest BCUT2D eigenvalue weighted by molar-refractivity contribution is 5.95. The maximum atomic E-state index is 12.5. The summed E-state index contributed by atoms with van der Waals surface area (Å²) in [6.45, 7) is 3.51. The molecule has 3 aromatic rings. The number of carbonyl (C=O) groups is 1. The van der Waals surface area contributed by atoms with Crippen LogP contribution in [0.4, 0.5) is 11.5 Å². The molecular weight excluding hydrogens is 334 g/mol. The Morgan fingerprint density at radius 1 is 1.00 bits per heavy atom. The lowest BCUT2D eigenvalue weighted by atomic mass is 10.1. The van der Waals surface area contributed by atoms with Gasteiger partial charge in [0.2, 0.25) is 0 Å². The molecule has 0 radical (unpaired) electrons. The zero-order valence-corrected chi connectivity index (χ0v) is 15.6. The van der Waals surface area contributed by atoms with Crippen molar-refractivity contribution >= 4 is 17.4 Å². The van der Waals surface area contributed by atoms with E-state index in [-0.39, 0.29) is 5.91 Å². The number of pyridine rings is 1. The summed E-state index contributed by atoms with van der Waals surface area (Å²) in [7, 11) is 0. The molecule has 138 valence electrons. The molecule has 0 aliphatic rings. The summed E-state index contributed by atoms with van der Waals surface area (Å²) in [4.78, 5) is 19.0. The Morgan fingerprint density at radius 3 is 2.41 bits per heavy atom. The number of rotatable bonds is 8. The molecule has 0 aliphatic heterocycles. The van der Waals surface area contributed by atoms with Gasteiger partial charge in [-0.3, -0.25) is 4.79 Å². The van der Waals surface area contributed by atoms with E-state index in [0.29, 0.717) is 12.1 Å². The predicted octanol–water partition coefficient (Wildman–Crippen LogP) is 4.60. The third kappa shape index (κ3) is 5.17. The van der Waals surface area contributed by atoms with Crippen molar-refractivity contribution in [3.05, 3.63) is 90.1 Å². The predicted molar refractivity (Wildman–Crippen MR) is 110 cm³/mol. The molecule has 3 rings (SSSR count). The van der Waals surface area contributed by atoms with Crippen molar-refractivity contribution in [2.75, 3.05) is 18.0 Å². The fourth-order valence-corrected chi connectivity index (χ4v) is 3.03. The van der Waals surface area contributed by atoms with Crippen LogP contribution >= 0.6 is 0 Å². The van der Waals surface area contributed by atoms with Gasteiger partial charge in [-0.05, 0) is 49.6 Å². The molecule has 27 heavy (non-hydrogen) atoms. The lowest BCUT2D eigenvalue weighted by molar-refractivity contribution is 0.0953. The van der Waals surface area contributed by atoms with Crippen molar-refractivity contribution in [3.8, 4) is 0 Å². The molecule has 0 saturated heterocycles. The van der Waals surface area contributed by atoms with Gasteiger partial charge in [-0.2, -0.15) is 0 Å². The fourth-order valence-electron chi connectivity index (χ4n) is 3.03. The molecule has 0 fully saturated rings. The molecule has 0 saturated carbocycles. The van der Waals surface area contributed by atoms with Crippen LogP contribution < -0.4 is 10.2 Å². The van der Waals surface area contributed by atoms with Gasteiger partial charge in [0.15, 0.2) is 0 Å². The molecular formula is C23H25N3O. The third-order valence-electron chi connectivity index (χ3n) is 4.44. The van der Waals surface area contributed by atoms with Crippen molar-refractivity contribution in [1.82, 2.24) is 10.3 Å². The second kappa shape index (κ2) is 9.53. The zero-order chi connectivity index (χ0) is 18.9. The molecule has 2 aromatic carbocycles. The fraction of sp³-hybridized carbons (Fsp3) is 0.217. The minimum atomic E-state index is -0.0594. The second-order valence-electron chi connectivity index (χ2n) is 6.33. The van der Waals surface area contributed by atoms with E-state index < -0.39 is 0 Å².